The smallest absolute Gasteiger partial charge is 0.00199 e. The Morgan fingerprint density at radius 1 is 0.238 bits per heavy atom. The zero-order chi connectivity index (χ0) is 27.9. The third kappa shape index (κ3) is 4.08. The second-order valence-corrected chi connectivity index (χ2v) is 10.9. The van der Waals surface area contributed by atoms with Gasteiger partial charge in [0.25, 0.3) is 0 Å². The number of fused-ring (bicyclic) bond motifs is 3. The van der Waals surface area contributed by atoms with E-state index in [1.54, 1.807) is 0 Å². The molecule has 0 aliphatic carbocycles. The quantitative estimate of drug-likeness (QED) is 0.198. The maximum Gasteiger partial charge on any atom is -0.00199 e. The Hall–Kier alpha value is -5.46. The lowest BCUT2D eigenvalue weighted by Crippen LogP contribution is -1.94. The summed E-state index contributed by atoms with van der Waals surface area (Å²) in [5, 5.41) is 7.53. The van der Waals surface area contributed by atoms with Gasteiger partial charge in [0.2, 0.25) is 0 Å². The van der Waals surface area contributed by atoms with Crippen LogP contribution in [0.2, 0.25) is 0 Å². The van der Waals surface area contributed by atoms with E-state index in [4.69, 9.17) is 0 Å². The molecule has 0 fully saturated rings. The molecule has 0 saturated carbocycles. The van der Waals surface area contributed by atoms with Crippen LogP contribution in [0.1, 0.15) is 0 Å². The first-order chi connectivity index (χ1) is 20.8. The van der Waals surface area contributed by atoms with E-state index in [1.807, 2.05) is 0 Å². The highest BCUT2D eigenvalue weighted by Crippen LogP contribution is 2.47. The molecule has 0 aromatic heterocycles. The van der Waals surface area contributed by atoms with Crippen LogP contribution >= 0.6 is 0 Å². The van der Waals surface area contributed by atoms with Crippen LogP contribution in [0.4, 0.5) is 0 Å². The summed E-state index contributed by atoms with van der Waals surface area (Å²) in [5.41, 5.74) is 9.95. The van der Waals surface area contributed by atoms with Gasteiger partial charge < -0.3 is 0 Å². The van der Waals surface area contributed by atoms with Gasteiger partial charge in [-0.15, -0.1) is 0 Å². The molecule has 0 spiro atoms. The van der Waals surface area contributed by atoms with Gasteiger partial charge in [-0.2, -0.15) is 0 Å². The Bertz CT molecular complexity index is 2220. The minimum absolute atomic E-state index is 1.22. The van der Waals surface area contributed by atoms with Crippen molar-refractivity contribution in [1.82, 2.24) is 0 Å². The molecule has 0 saturated heterocycles. The largest absolute Gasteiger partial charge is 0.0622 e. The summed E-state index contributed by atoms with van der Waals surface area (Å²) in [6.45, 7) is 0. The first-order valence-electron chi connectivity index (χ1n) is 14.5. The van der Waals surface area contributed by atoms with Gasteiger partial charge in [0, 0.05) is 0 Å². The second-order valence-electron chi connectivity index (χ2n) is 10.9. The van der Waals surface area contributed by atoms with E-state index in [9.17, 15) is 0 Å². The van der Waals surface area contributed by atoms with Crippen LogP contribution in [0.15, 0.2) is 170 Å². The minimum atomic E-state index is 1.22. The topological polar surface area (TPSA) is 0 Å². The Balaban J connectivity index is 1.56. The van der Waals surface area contributed by atoms with Crippen molar-refractivity contribution in [1.29, 1.82) is 0 Å². The molecule has 8 rings (SSSR count). The van der Waals surface area contributed by atoms with E-state index in [-0.39, 0.29) is 0 Å². The summed E-state index contributed by atoms with van der Waals surface area (Å²) in [6, 6.07) is 61.9. The fourth-order valence-electron chi connectivity index (χ4n) is 6.50. The van der Waals surface area contributed by atoms with E-state index < -0.39 is 0 Å². The van der Waals surface area contributed by atoms with Crippen LogP contribution in [-0.2, 0) is 0 Å². The predicted molar refractivity (Wildman–Crippen MR) is 181 cm³/mol. The van der Waals surface area contributed by atoms with Crippen LogP contribution in [-0.4, -0.2) is 0 Å². The third-order valence-corrected chi connectivity index (χ3v) is 8.45. The molecular formula is C42H28. The van der Waals surface area contributed by atoms with Crippen molar-refractivity contribution in [3.05, 3.63) is 170 Å². The maximum absolute atomic E-state index is 2.39. The molecule has 0 atom stereocenters. The van der Waals surface area contributed by atoms with Crippen molar-refractivity contribution >= 4 is 32.3 Å². The number of hydrogen-bond acceptors (Lipinski definition) is 0. The highest BCUT2D eigenvalue weighted by Gasteiger charge is 2.20. The van der Waals surface area contributed by atoms with Crippen LogP contribution in [0, 0.1) is 0 Å². The maximum atomic E-state index is 2.39. The molecule has 8 aromatic carbocycles. The molecule has 0 amide bonds. The van der Waals surface area contributed by atoms with Crippen LogP contribution in [0.5, 0.6) is 0 Å². The number of benzene rings is 8. The molecule has 0 nitrogen and oxygen atoms in total. The standard InChI is InChI=1S/C42H28/c1-3-13-29(14-4-1)35-20-11-12-22-38(35)42-39(26-24-34-27-32-18-7-8-19-33(32)28-40(34)42)41-36-21-10-9-17-31(36)23-25-37(41)30-15-5-2-6-16-30/h1-28H. The third-order valence-electron chi connectivity index (χ3n) is 8.45. The normalized spacial score (nSPS) is 11.3. The molecule has 0 bridgehead atoms. The van der Waals surface area contributed by atoms with Crippen molar-refractivity contribution in [3.63, 3.8) is 0 Å². The minimum Gasteiger partial charge on any atom is -0.0622 e. The van der Waals surface area contributed by atoms with Crippen molar-refractivity contribution in [2.45, 2.75) is 0 Å². The lowest BCUT2D eigenvalue weighted by atomic mass is 9.82. The van der Waals surface area contributed by atoms with E-state index in [2.05, 4.69) is 170 Å². The van der Waals surface area contributed by atoms with E-state index >= 15 is 0 Å². The molecule has 0 aliphatic heterocycles. The molecular weight excluding hydrogens is 504 g/mol. The summed E-state index contributed by atoms with van der Waals surface area (Å²) in [7, 11) is 0. The van der Waals surface area contributed by atoms with Gasteiger partial charge in [-0.05, 0) is 89.0 Å². The van der Waals surface area contributed by atoms with Crippen LogP contribution < -0.4 is 0 Å². The fraction of sp³-hybridized carbons (Fsp3) is 0. The summed E-state index contributed by atoms with van der Waals surface area (Å²) >= 11 is 0. The molecule has 0 aliphatic rings. The monoisotopic (exact) mass is 532 g/mol. The molecule has 8 aromatic rings. The summed E-state index contributed by atoms with van der Waals surface area (Å²) < 4.78 is 0. The Labute approximate surface area is 246 Å². The van der Waals surface area contributed by atoms with Gasteiger partial charge >= 0.3 is 0 Å². The molecule has 0 radical (unpaired) electrons. The molecule has 0 heteroatoms. The number of hydrogen-bond donors (Lipinski definition) is 0. The van der Waals surface area contributed by atoms with Crippen molar-refractivity contribution in [3.8, 4) is 44.5 Å². The van der Waals surface area contributed by atoms with Crippen molar-refractivity contribution in [2.75, 3.05) is 0 Å². The highest BCUT2D eigenvalue weighted by molar-refractivity contribution is 6.15. The van der Waals surface area contributed by atoms with Gasteiger partial charge in [-0.3, -0.25) is 0 Å². The van der Waals surface area contributed by atoms with Gasteiger partial charge in [0.15, 0.2) is 0 Å². The molecule has 42 heavy (non-hydrogen) atoms. The number of rotatable bonds is 4. The van der Waals surface area contributed by atoms with E-state index in [0.29, 0.717) is 0 Å². The lowest BCUT2D eigenvalue weighted by molar-refractivity contribution is 1.58. The first kappa shape index (κ1) is 24.3. The SMILES string of the molecule is c1ccc(-c2ccccc2-c2c(-c3c(-c4ccccc4)ccc4ccccc34)ccc3cc4ccccc4cc23)cc1. The second kappa shape index (κ2) is 10.2. The van der Waals surface area contributed by atoms with Crippen molar-refractivity contribution in [2.24, 2.45) is 0 Å². The molecule has 196 valence electrons. The zero-order valence-corrected chi connectivity index (χ0v) is 23.2. The fourth-order valence-corrected chi connectivity index (χ4v) is 6.50. The van der Waals surface area contributed by atoms with E-state index in [0.717, 1.165) is 0 Å². The predicted octanol–water partition coefficient (Wildman–Crippen LogP) is 11.8. The highest BCUT2D eigenvalue weighted by atomic mass is 14.2. The molecule has 0 unspecified atom stereocenters. The van der Waals surface area contributed by atoms with Crippen LogP contribution in [0.3, 0.4) is 0 Å². The summed E-state index contributed by atoms with van der Waals surface area (Å²) in [5.74, 6) is 0. The molecule has 0 N–H and O–H groups in total. The first-order valence-corrected chi connectivity index (χ1v) is 14.5. The van der Waals surface area contributed by atoms with Crippen LogP contribution in [0.25, 0.3) is 76.8 Å². The average Bonchev–Trinajstić information content (AvgIpc) is 3.07. The van der Waals surface area contributed by atoms with Crippen molar-refractivity contribution < 1.29 is 0 Å². The van der Waals surface area contributed by atoms with Gasteiger partial charge in [-0.1, -0.05) is 158 Å². The van der Waals surface area contributed by atoms with Gasteiger partial charge in [0.05, 0.1) is 0 Å². The van der Waals surface area contributed by atoms with Gasteiger partial charge in [0.1, 0.15) is 0 Å². The zero-order valence-electron chi connectivity index (χ0n) is 23.2. The summed E-state index contributed by atoms with van der Waals surface area (Å²) in [4.78, 5) is 0. The van der Waals surface area contributed by atoms with E-state index in [1.165, 1.54) is 76.8 Å². The average molecular weight is 533 g/mol. The Kier molecular flexibility index (Phi) is 5.90. The van der Waals surface area contributed by atoms with Gasteiger partial charge in [-0.25, -0.2) is 0 Å². The lowest BCUT2D eigenvalue weighted by Gasteiger charge is -2.21. The Morgan fingerprint density at radius 2 is 0.738 bits per heavy atom. The Morgan fingerprint density at radius 3 is 1.48 bits per heavy atom. The molecule has 0 heterocycles. The summed E-state index contributed by atoms with van der Waals surface area (Å²) in [6.07, 6.45) is 0.